The van der Waals surface area contributed by atoms with Gasteiger partial charge in [-0.2, -0.15) is 0 Å². The molecule has 0 saturated carbocycles. The minimum absolute atomic E-state index is 0.516. The van der Waals surface area contributed by atoms with Gasteiger partial charge in [-0.1, -0.05) is 0 Å². The second-order valence-corrected chi connectivity index (χ2v) is 4.13. The molecule has 0 bridgehead atoms. The summed E-state index contributed by atoms with van der Waals surface area (Å²) in [5, 5.41) is 0. The van der Waals surface area contributed by atoms with Crippen molar-refractivity contribution in [2.45, 2.75) is 27.2 Å². The van der Waals surface area contributed by atoms with Crippen LogP contribution in [-0.4, -0.2) is 4.40 Å². The first-order valence-electron chi connectivity index (χ1n) is 2.50. The van der Waals surface area contributed by atoms with E-state index in [1.54, 1.807) is 19.4 Å². The Morgan fingerprint density at radius 1 is 1.43 bits per heavy atom. The summed E-state index contributed by atoms with van der Waals surface area (Å²) in [4.78, 5) is 0. The van der Waals surface area contributed by atoms with Crippen LogP contribution in [0.1, 0.15) is 27.2 Å². The van der Waals surface area contributed by atoms with E-state index in [0.29, 0.717) is 5.41 Å². The van der Waals surface area contributed by atoms with Crippen LogP contribution in [0.25, 0.3) is 0 Å². The van der Waals surface area contributed by atoms with Crippen LogP contribution < -0.4 is 0 Å². The summed E-state index contributed by atoms with van der Waals surface area (Å²) in [7, 11) is 0. The summed E-state index contributed by atoms with van der Waals surface area (Å²) in [6.07, 6.45) is 1.25. The number of hydrogen-bond acceptors (Lipinski definition) is 0. The molecule has 0 aromatic rings. The van der Waals surface area contributed by atoms with Crippen LogP contribution in [-0.2, 0) is 19.4 Å². The zero-order valence-corrected chi connectivity index (χ0v) is 8.13. The fourth-order valence-corrected chi connectivity index (χ4v) is 2.05. The van der Waals surface area contributed by atoms with E-state index in [1.165, 1.54) is 6.42 Å². The Labute approximate surface area is 56.7 Å². The Morgan fingerprint density at radius 2 is 1.86 bits per heavy atom. The van der Waals surface area contributed by atoms with Crippen LogP contribution >= 0.6 is 0 Å². The normalized spacial score (nSPS) is 11.3. The van der Waals surface area contributed by atoms with Gasteiger partial charge in [0.25, 0.3) is 0 Å². The maximum absolute atomic E-state index is 2.29. The number of hydrogen-bond donors (Lipinski definition) is 0. The van der Waals surface area contributed by atoms with Gasteiger partial charge in [0.05, 0.1) is 0 Å². The third kappa shape index (κ3) is 6.56. The summed E-state index contributed by atoms with van der Waals surface area (Å²) in [5.41, 5.74) is 0.516. The molecule has 0 rings (SSSR count). The van der Waals surface area contributed by atoms with Gasteiger partial charge >= 0.3 is 56.4 Å². The summed E-state index contributed by atoms with van der Waals surface area (Å²) in [5.74, 6) is 0. The van der Waals surface area contributed by atoms with Gasteiger partial charge in [-0.05, 0) is 0 Å². The van der Waals surface area contributed by atoms with Crippen LogP contribution in [0, 0.1) is 5.41 Å². The standard InChI is InChI=1S/C6H12.W/c1-5-6(2,3)4;/h1H,5H2,2-4H3;. The summed E-state index contributed by atoms with van der Waals surface area (Å²) < 4.78 is 2.29. The molecule has 0 aromatic heterocycles. The van der Waals surface area contributed by atoms with Crippen molar-refractivity contribution in [3.8, 4) is 0 Å². The minimum atomic E-state index is 0.516. The van der Waals surface area contributed by atoms with Crippen LogP contribution in [0.3, 0.4) is 0 Å². The van der Waals surface area contributed by atoms with Crippen molar-refractivity contribution in [2.24, 2.45) is 5.41 Å². The van der Waals surface area contributed by atoms with Gasteiger partial charge in [0.15, 0.2) is 0 Å². The molecule has 0 heterocycles. The molecule has 0 aromatic carbocycles. The molecule has 7 heavy (non-hydrogen) atoms. The fourth-order valence-electron chi connectivity index (χ4n) is 0.250. The predicted octanol–water partition coefficient (Wildman–Crippen LogP) is 1.77. The zero-order valence-electron chi connectivity index (χ0n) is 5.19. The van der Waals surface area contributed by atoms with Crippen LogP contribution in [0.4, 0.5) is 0 Å². The van der Waals surface area contributed by atoms with E-state index in [1.807, 2.05) is 0 Å². The van der Waals surface area contributed by atoms with Gasteiger partial charge in [0.2, 0.25) is 0 Å². The maximum atomic E-state index is 2.29. The molecule has 0 saturated heterocycles. The SMILES string of the molecule is CC(C)(C)C[CH]=[W]. The first-order valence-corrected chi connectivity index (χ1v) is 4.19. The Hall–Kier alpha value is 0.558. The molecule has 0 N–H and O–H groups in total. The molecule has 0 fully saturated rings. The van der Waals surface area contributed by atoms with Gasteiger partial charge in [0, 0.05) is 0 Å². The molecule has 0 atom stereocenters. The summed E-state index contributed by atoms with van der Waals surface area (Å²) in [6, 6.07) is 0. The summed E-state index contributed by atoms with van der Waals surface area (Å²) in [6.45, 7) is 6.77. The average molecular weight is 268 g/mol. The van der Waals surface area contributed by atoms with E-state index >= 15 is 0 Å². The molecule has 0 spiro atoms. The van der Waals surface area contributed by atoms with E-state index < -0.39 is 0 Å². The Kier molecular flexibility index (Phi) is 2.99. The molecule has 0 unspecified atom stereocenters. The molecule has 42 valence electrons. The molecule has 0 amide bonds. The molecule has 0 aliphatic carbocycles. The van der Waals surface area contributed by atoms with Gasteiger partial charge in [-0.25, -0.2) is 0 Å². The summed E-state index contributed by atoms with van der Waals surface area (Å²) >= 11 is 1.59. The molecule has 0 aliphatic rings. The number of rotatable bonds is 1. The first-order chi connectivity index (χ1) is 3.06. The van der Waals surface area contributed by atoms with Crippen molar-refractivity contribution in [3.63, 3.8) is 0 Å². The molecule has 1 heteroatoms. The predicted molar refractivity (Wildman–Crippen MR) is 30.1 cm³/mol. The molecule has 0 aliphatic heterocycles. The van der Waals surface area contributed by atoms with Crippen LogP contribution in [0.2, 0.25) is 0 Å². The van der Waals surface area contributed by atoms with Crippen molar-refractivity contribution in [1.82, 2.24) is 0 Å². The molecular weight excluding hydrogens is 256 g/mol. The Morgan fingerprint density at radius 3 is 1.86 bits per heavy atom. The van der Waals surface area contributed by atoms with Gasteiger partial charge in [0.1, 0.15) is 0 Å². The average Bonchev–Trinajstić information content (AvgIpc) is 1.30. The third-order valence-electron chi connectivity index (χ3n) is 0.696. The molecular formula is C6H12W. The van der Waals surface area contributed by atoms with Gasteiger partial charge in [-0.15, -0.1) is 0 Å². The Balaban J connectivity index is 3.34. The Bertz CT molecular complexity index is 59.1. The van der Waals surface area contributed by atoms with E-state index in [4.69, 9.17) is 0 Å². The van der Waals surface area contributed by atoms with Crippen LogP contribution in [0.15, 0.2) is 0 Å². The van der Waals surface area contributed by atoms with E-state index in [0.717, 1.165) is 0 Å². The van der Waals surface area contributed by atoms with E-state index in [2.05, 4.69) is 25.2 Å². The van der Waals surface area contributed by atoms with E-state index in [-0.39, 0.29) is 0 Å². The second kappa shape index (κ2) is 2.77. The quantitative estimate of drug-likeness (QED) is 0.680. The van der Waals surface area contributed by atoms with Gasteiger partial charge in [-0.3, -0.25) is 0 Å². The molecule has 0 nitrogen and oxygen atoms in total. The second-order valence-electron chi connectivity index (χ2n) is 2.93. The van der Waals surface area contributed by atoms with E-state index in [9.17, 15) is 0 Å². The van der Waals surface area contributed by atoms with Crippen molar-refractivity contribution in [3.05, 3.63) is 0 Å². The topological polar surface area (TPSA) is 0 Å². The molecule has 0 radical (unpaired) electrons. The van der Waals surface area contributed by atoms with Crippen molar-refractivity contribution >= 4 is 4.40 Å². The first kappa shape index (κ1) is 7.56. The van der Waals surface area contributed by atoms with Crippen molar-refractivity contribution in [1.29, 1.82) is 0 Å². The monoisotopic (exact) mass is 268 g/mol. The fraction of sp³-hybridized carbons (Fsp3) is 0.833. The third-order valence-corrected chi connectivity index (χ3v) is 1.29. The van der Waals surface area contributed by atoms with Gasteiger partial charge < -0.3 is 0 Å². The van der Waals surface area contributed by atoms with Crippen LogP contribution in [0.5, 0.6) is 0 Å². The zero-order chi connectivity index (χ0) is 5.91. The van der Waals surface area contributed by atoms with Crippen molar-refractivity contribution < 1.29 is 19.4 Å². The van der Waals surface area contributed by atoms with Crippen molar-refractivity contribution in [2.75, 3.05) is 0 Å².